The molecule has 6 heteroatoms. The largest absolute Gasteiger partial charge is 0.480 e. The molecule has 0 aromatic rings. The highest BCUT2D eigenvalue weighted by Gasteiger charge is 2.48. The third kappa shape index (κ3) is 1.16. The molecule has 0 aromatic carbocycles. The Kier molecular flexibility index (Phi) is 1.98. The topological polar surface area (TPSA) is 41.9 Å². The fourth-order valence-electron chi connectivity index (χ4n) is 0.708. The highest BCUT2D eigenvalue weighted by Crippen LogP contribution is 2.30. The molecule has 1 rings (SSSR count). The molecular formula is C5H6Cl2N2O2. The summed E-state index contributed by atoms with van der Waals surface area (Å²) in [5, 5.41) is 4.70. The molecule has 0 fully saturated rings. The van der Waals surface area contributed by atoms with E-state index in [0.29, 0.717) is 0 Å². The molecular weight excluding hydrogens is 191 g/mol. The second-order valence-electron chi connectivity index (χ2n) is 2.01. The molecule has 0 saturated heterocycles. The van der Waals surface area contributed by atoms with Crippen LogP contribution in [0.25, 0.3) is 0 Å². The van der Waals surface area contributed by atoms with Crippen molar-refractivity contribution >= 4 is 35.0 Å². The molecule has 0 aliphatic carbocycles. The van der Waals surface area contributed by atoms with Crippen molar-refractivity contribution in [3.8, 4) is 0 Å². The summed E-state index contributed by atoms with van der Waals surface area (Å²) in [4.78, 5) is 11.1. The van der Waals surface area contributed by atoms with Crippen molar-refractivity contribution in [1.29, 1.82) is 0 Å². The summed E-state index contributed by atoms with van der Waals surface area (Å²) in [7, 11) is 2.80. The van der Waals surface area contributed by atoms with Crippen LogP contribution < -0.4 is 0 Å². The molecule has 1 aliphatic heterocycles. The van der Waals surface area contributed by atoms with Gasteiger partial charge in [0.1, 0.15) is 0 Å². The predicted octanol–water partition coefficient (Wildman–Crippen LogP) is 0.592. The normalized spacial score (nSPS) is 22.0. The zero-order valence-electron chi connectivity index (χ0n) is 5.97. The minimum Gasteiger partial charge on any atom is -0.480 e. The Bertz CT molecular complexity index is 227. The van der Waals surface area contributed by atoms with Crippen LogP contribution in [0, 0.1) is 0 Å². The monoisotopic (exact) mass is 196 g/mol. The maximum atomic E-state index is 11.1. The zero-order chi connectivity index (χ0) is 8.65. The van der Waals surface area contributed by atoms with Crippen molar-refractivity contribution in [2.24, 2.45) is 5.10 Å². The Morgan fingerprint density at radius 1 is 1.64 bits per heavy atom. The number of carbonyl (C=O) groups excluding carboxylic acids is 1. The maximum Gasteiger partial charge on any atom is 0.288 e. The molecule has 1 amide bonds. The van der Waals surface area contributed by atoms with E-state index in [1.54, 1.807) is 0 Å². The summed E-state index contributed by atoms with van der Waals surface area (Å²) in [5.41, 5.74) is 0. The first-order chi connectivity index (χ1) is 5.00. The van der Waals surface area contributed by atoms with Gasteiger partial charge in [0.15, 0.2) is 0 Å². The SMILES string of the molecule is COC1=NN(C)C(=O)C1(Cl)Cl. The maximum absolute atomic E-state index is 11.1. The van der Waals surface area contributed by atoms with Gasteiger partial charge in [-0.05, 0) is 0 Å². The van der Waals surface area contributed by atoms with Crippen LogP contribution >= 0.6 is 23.2 Å². The minimum atomic E-state index is -1.65. The number of methoxy groups -OCH3 is 1. The Balaban J connectivity index is 2.97. The Morgan fingerprint density at radius 2 is 2.18 bits per heavy atom. The van der Waals surface area contributed by atoms with Gasteiger partial charge in [-0.15, -0.1) is 5.10 Å². The van der Waals surface area contributed by atoms with Gasteiger partial charge in [-0.3, -0.25) is 4.79 Å². The number of hydrazone groups is 1. The first-order valence-corrected chi connectivity index (χ1v) is 3.54. The van der Waals surface area contributed by atoms with Crippen LogP contribution in [0.1, 0.15) is 0 Å². The molecule has 4 nitrogen and oxygen atoms in total. The Morgan fingerprint density at radius 3 is 2.36 bits per heavy atom. The summed E-state index contributed by atoms with van der Waals surface area (Å²) in [6.07, 6.45) is 0. The second kappa shape index (κ2) is 2.53. The lowest BCUT2D eigenvalue weighted by Crippen LogP contribution is -2.35. The van der Waals surface area contributed by atoms with Crippen LogP contribution in [-0.2, 0) is 9.53 Å². The number of ether oxygens (including phenoxy) is 1. The highest BCUT2D eigenvalue weighted by molar-refractivity contribution is 6.68. The van der Waals surface area contributed by atoms with Crippen LogP contribution in [0.3, 0.4) is 0 Å². The minimum absolute atomic E-state index is 0.00772. The Hall–Kier alpha value is -0.480. The molecule has 0 spiro atoms. The van der Waals surface area contributed by atoms with Crippen LogP contribution in [0.15, 0.2) is 5.10 Å². The molecule has 0 saturated carbocycles. The Labute approximate surface area is 73.7 Å². The predicted molar refractivity (Wildman–Crippen MR) is 41.7 cm³/mol. The summed E-state index contributed by atoms with van der Waals surface area (Å²) < 4.78 is 3.04. The molecule has 0 atom stereocenters. The van der Waals surface area contributed by atoms with E-state index in [9.17, 15) is 4.79 Å². The first kappa shape index (κ1) is 8.62. The van der Waals surface area contributed by atoms with E-state index in [4.69, 9.17) is 27.9 Å². The van der Waals surface area contributed by atoms with Crippen molar-refractivity contribution in [2.45, 2.75) is 4.33 Å². The summed E-state index contributed by atoms with van der Waals surface area (Å²) in [6, 6.07) is 0. The van der Waals surface area contributed by atoms with Crippen molar-refractivity contribution in [1.82, 2.24) is 5.01 Å². The lowest BCUT2D eigenvalue weighted by Gasteiger charge is -2.10. The van der Waals surface area contributed by atoms with E-state index >= 15 is 0 Å². The van der Waals surface area contributed by atoms with Crippen LogP contribution in [-0.4, -0.2) is 35.3 Å². The van der Waals surface area contributed by atoms with Crippen molar-refractivity contribution in [3.63, 3.8) is 0 Å². The van der Waals surface area contributed by atoms with E-state index in [0.717, 1.165) is 5.01 Å². The van der Waals surface area contributed by atoms with Crippen LogP contribution in [0.4, 0.5) is 0 Å². The number of nitrogens with zero attached hydrogens (tertiary/aromatic N) is 2. The number of alkyl halides is 2. The number of hydrogen-bond donors (Lipinski definition) is 0. The fraction of sp³-hybridized carbons (Fsp3) is 0.600. The van der Waals surface area contributed by atoms with Gasteiger partial charge in [-0.1, -0.05) is 23.2 Å². The average Bonchev–Trinajstić information content (AvgIpc) is 2.13. The summed E-state index contributed by atoms with van der Waals surface area (Å²) in [6.45, 7) is 0. The molecule has 1 heterocycles. The van der Waals surface area contributed by atoms with Crippen molar-refractivity contribution < 1.29 is 9.53 Å². The molecule has 0 N–H and O–H groups in total. The van der Waals surface area contributed by atoms with Gasteiger partial charge in [0, 0.05) is 7.05 Å². The van der Waals surface area contributed by atoms with Crippen molar-refractivity contribution in [2.75, 3.05) is 14.2 Å². The zero-order valence-corrected chi connectivity index (χ0v) is 7.48. The van der Waals surface area contributed by atoms with E-state index in [2.05, 4.69) is 5.10 Å². The standard InChI is InChI=1S/C5H6Cl2N2O2/c1-9-4(10)5(6,7)3(8-9)11-2/h1-2H3. The third-order valence-electron chi connectivity index (χ3n) is 1.27. The van der Waals surface area contributed by atoms with Gasteiger partial charge in [0.25, 0.3) is 16.1 Å². The smallest absolute Gasteiger partial charge is 0.288 e. The molecule has 1 aliphatic rings. The molecule has 62 valence electrons. The number of halogens is 2. The summed E-state index contributed by atoms with van der Waals surface area (Å²) >= 11 is 11.2. The number of carbonyl (C=O) groups is 1. The number of amides is 1. The lowest BCUT2D eigenvalue weighted by molar-refractivity contribution is -0.127. The van der Waals surface area contributed by atoms with Crippen molar-refractivity contribution in [3.05, 3.63) is 0 Å². The van der Waals surface area contributed by atoms with Crippen LogP contribution in [0.2, 0.25) is 0 Å². The van der Waals surface area contributed by atoms with Gasteiger partial charge in [0.2, 0.25) is 0 Å². The van der Waals surface area contributed by atoms with Crippen LogP contribution in [0.5, 0.6) is 0 Å². The molecule has 0 bridgehead atoms. The lowest BCUT2D eigenvalue weighted by atomic mass is 10.4. The van der Waals surface area contributed by atoms with Gasteiger partial charge in [0.05, 0.1) is 7.11 Å². The van der Waals surface area contributed by atoms with E-state index in [1.165, 1.54) is 14.2 Å². The van der Waals surface area contributed by atoms with E-state index in [1.807, 2.05) is 0 Å². The first-order valence-electron chi connectivity index (χ1n) is 2.79. The van der Waals surface area contributed by atoms with Gasteiger partial charge < -0.3 is 4.74 Å². The summed E-state index contributed by atoms with van der Waals surface area (Å²) in [5.74, 6) is -0.494. The van der Waals surface area contributed by atoms with E-state index < -0.39 is 10.2 Å². The third-order valence-corrected chi connectivity index (χ3v) is 1.91. The number of hydrogen-bond acceptors (Lipinski definition) is 3. The molecule has 0 aromatic heterocycles. The van der Waals surface area contributed by atoms with Gasteiger partial charge in [-0.25, -0.2) is 5.01 Å². The molecule has 11 heavy (non-hydrogen) atoms. The van der Waals surface area contributed by atoms with Gasteiger partial charge in [-0.2, -0.15) is 0 Å². The van der Waals surface area contributed by atoms with Gasteiger partial charge >= 0.3 is 0 Å². The average molecular weight is 197 g/mol. The van der Waals surface area contributed by atoms with E-state index in [-0.39, 0.29) is 5.90 Å². The second-order valence-corrected chi connectivity index (χ2v) is 3.34. The molecule has 0 unspecified atom stereocenters. The highest BCUT2D eigenvalue weighted by atomic mass is 35.5. The quantitative estimate of drug-likeness (QED) is 0.533. The number of rotatable bonds is 0. The fourth-order valence-corrected chi connectivity index (χ4v) is 1.18. The molecule has 0 radical (unpaired) electrons.